The summed E-state index contributed by atoms with van der Waals surface area (Å²) < 4.78 is 43.6. The molecular formula is C26H30FN7O3S. The van der Waals surface area contributed by atoms with E-state index in [1.165, 1.54) is 27.4 Å². The predicted octanol–water partition coefficient (Wildman–Crippen LogP) is 2.42. The van der Waals surface area contributed by atoms with E-state index in [2.05, 4.69) is 32.3 Å². The second-order valence-corrected chi connectivity index (χ2v) is 12.2. The minimum atomic E-state index is -3.80. The van der Waals surface area contributed by atoms with Crippen LogP contribution in [0.4, 0.5) is 4.39 Å². The Hall–Kier alpha value is -3.19. The van der Waals surface area contributed by atoms with E-state index >= 15 is 0 Å². The second kappa shape index (κ2) is 9.53. The maximum absolute atomic E-state index is 13.5. The van der Waals surface area contributed by atoms with Crippen molar-refractivity contribution in [1.29, 1.82) is 0 Å². The molecule has 2 aliphatic rings. The summed E-state index contributed by atoms with van der Waals surface area (Å²) in [6, 6.07) is 10.2. The Bertz CT molecular complexity index is 1580. The summed E-state index contributed by atoms with van der Waals surface area (Å²) >= 11 is 0. The topological polar surface area (TPSA) is 109 Å². The molecule has 4 aromatic rings. The molecule has 2 aromatic heterocycles. The Morgan fingerprint density at radius 1 is 1.08 bits per heavy atom. The number of benzene rings is 2. The molecule has 1 aliphatic heterocycles. The summed E-state index contributed by atoms with van der Waals surface area (Å²) in [5.74, 6) is 0.0851. The van der Waals surface area contributed by atoms with Crippen molar-refractivity contribution in [3.8, 4) is 5.69 Å². The normalized spacial score (nSPS) is 23.1. The van der Waals surface area contributed by atoms with Crippen molar-refractivity contribution in [3.63, 3.8) is 0 Å². The first-order valence-corrected chi connectivity index (χ1v) is 14.2. The SMILES string of the molecule is Cc1cc2c(cnn2-c2ccc(F)cc2)cc1[C@@H]1CN(S(=O)(=O)c2cnn(C)n2)CCN1CC1CC(O)C1. The van der Waals surface area contributed by atoms with Gasteiger partial charge in [-0.1, -0.05) is 0 Å². The fraction of sp³-hybridized carbons (Fsp3) is 0.423. The van der Waals surface area contributed by atoms with Crippen LogP contribution in [-0.4, -0.2) is 79.8 Å². The highest BCUT2D eigenvalue weighted by molar-refractivity contribution is 7.89. The third-order valence-electron chi connectivity index (χ3n) is 7.73. The minimum Gasteiger partial charge on any atom is -0.393 e. The van der Waals surface area contributed by atoms with Crippen LogP contribution in [0.5, 0.6) is 0 Å². The van der Waals surface area contributed by atoms with Crippen molar-refractivity contribution >= 4 is 20.9 Å². The molecule has 0 bridgehead atoms. The number of piperazine rings is 1. The average molecular weight is 540 g/mol. The Kier molecular flexibility index (Phi) is 6.29. The van der Waals surface area contributed by atoms with E-state index < -0.39 is 10.0 Å². The molecule has 38 heavy (non-hydrogen) atoms. The largest absolute Gasteiger partial charge is 0.393 e. The lowest BCUT2D eigenvalue weighted by Crippen LogP contribution is -2.52. The number of hydrogen-bond donors (Lipinski definition) is 1. The van der Waals surface area contributed by atoms with Gasteiger partial charge in [-0.3, -0.25) is 4.90 Å². The molecule has 12 heteroatoms. The van der Waals surface area contributed by atoms with Crippen LogP contribution >= 0.6 is 0 Å². The summed E-state index contributed by atoms with van der Waals surface area (Å²) in [5, 5.41) is 23.2. The molecule has 1 aliphatic carbocycles. The number of aliphatic hydroxyl groups excluding tert-OH is 1. The second-order valence-electron chi connectivity index (χ2n) is 10.3. The van der Waals surface area contributed by atoms with Crippen LogP contribution < -0.4 is 0 Å². The van der Waals surface area contributed by atoms with Gasteiger partial charge in [-0.05, 0) is 73.2 Å². The van der Waals surface area contributed by atoms with Gasteiger partial charge in [-0.25, -0.2) is 17.5 Å². The molecule has 0 radical (unpaired) electrons. The van der Waals surface area contributed by atoms with E-state index in [-0.39, 0.29) is 29.5 Å². The molecule has 200 valence electrons. The number of hydrogen-bond acceptors (Lipinski definition) is 7. The number of aliphatic hydroxyl groups is 1. The maximum Gasteiger partial charge on any atom is 0.264 e. The number of sulfonamides is 1. The van der Waals surface area contributed by atoms with Crippen molar-refractivity contribution in [3.05, 3.63) is 65.7 Å². The van der Waals surface area contributed by atoms with E-state index in [0.717, 1.165) is 47.1 Å². The van der Waals surface area contributed by atoms with Crippen LogP contribution in [0, 0.1) is 18.7 Å². The first kappa shape index (κ1) is 25.1. The van der Waals surface area contributed by atoms with E-state index in [1.54, 1.807) is 30.1 Å². The molecule has 1 saturated carbocycles. The highest BCUT2D eigenvalue weighted by atomic mass is 32.2. The molecule has 0 unspecified atom stereocenters. The molecule has 10 nitrogen and oxygen atoms in total. The van der Waals surface area contributed by atoms with Crippen LogP contribution in [0.2, 0.25) is 0 Å². The minimum absolute atomic E-state index is 0.0536. The third-order valence-corrected chi connectivity index (χ3v) is 9.45. The van der Waals surface area contributed by atoms with Crippen LogP contribution in [0.15, 0.2) is 53.8 Å². The van der Waals surface area contributed by atoms with Gasteiger partial charge in [0.1, 0.15) is 5.82 Å². The Morgan fingerprint density at radius 2 is 1.84 bits per heavy atom. The monoisotopic (exact) mass is 539 g/mol. The molecule has 6 rings (SSSR count). The smallest absolute Gasteiger partial charge is 0.264 e. The van der Waals surface area contributed by atoms with Crippen molar-refractivity contribution in [2.75, 3.05) is 26.2 Å². The van der Waals surface area contributed by atoms with E-state index in [1.807, 2.05) is 6.92 Å². The first-order valence-electron chi connectivity index (χ1n) is 12.7. The summed E-state index contributed by atoms with van der Waals surface area (Å²) in [6.45, 7) is 4.04. The fourth-order valence-corrected chi connectivity index (χ4v) is 6.96. The molecular weight excluding hydrogens is 509 g/mol. The number of halogens is 1. The highest BCUT2D eigenvalue weighted by Gasteiger charge is 2.39. The predicted molar refractivity (Wildman–Crippen MR) is 139 cm³/mol. The maximum atomic E-state index is 13.5. The van der Waals surface area contributed by atoms with Crippen LogP contribution in [0.3, 0.4) is 0 Å². The summed E-state index contributed by atoms with van der Waals surface area (Å²) in [6.07, 6.45) is 4.37. The Labute approximate surface area is 220 Å². The van der Waals surface area contributed by atoms with Gasteiger partial charge in [0, 0.05) is 44.7 Å². The van der Waals surface area contributed by atoms with Crippen LogP contribution in [0.25, 0.3) is 16.6 Å². The number of rotatable bonds is 6. The quantitative estimate of drug-likeness (QED) is 0.401. The summed E-state index contributed by atoms with van der Waals surface area (Å²) in [7, 11) is -2.21. The first-order chi connectivity index (χ1) is 18.2. The number of aryl methyl sites for hydroxylation is 2. The average Bonchev–Trinajstić information content (AvgIpc) is 3.50. The van der Waals surface area contributed by atoms with Gasteiger partial charge in [-0.2, -0.15) is 19.3 Å². The van der Waals surface area contributed by atoms with Crippen molar-refractivity contribution < 1.29 is 17.9 Å². The third kappa shape index (κ3) is 4.51. The lowest BCUT2D eigenvalue weighted by molar-refractivity contribution is 0.00593. The zero-order chi connectivity index (χ0) is 26.6. The van der Waals surface area contributed by atoms with E-state index in [9.17, 15) is 17.9 Å². The molecule has 1 saturated heterocycles. The lowest BCUT2D eigenvalue weighted by Gasteiger charge is -2.44. The van der Waals surface area contributed by atoms with E-state index in [4.69, 9.17) is 0 Å². The zero-order valence-electron chi connectivity index (χ0n) is 21.3. The van der Waals surface area contributed by atoms with Gasteiger partial charge in [0.05, 0.1) is 29.7 Å². The fourth-order valence-electron chi connectivity index (χ4n) is 5.63. The Morgan fingerprint density at radius 3 is 2.53 bits per heavy atom. The Balaban J connectivity index is 1.36. The van der Waals surface area contributed by atoms with Gasteiger partial charge >= 0.3 is 0 Å². The van der Waals surface area contributed by atoms with Crippen molar-refractivity contribution in [1.82, 2.24) is 34.0 Å². The molecule has 0 spiro atoms. The van der Waals surface area contributed by atoms with Gasteiger partial charge in [0.25, 0.3) is 10.0 Å². The van der Waals surface area contributed by atoms with Crippen LogP contribution in [0.1, 0.15) is 30.0 Å². The summed E-state index contributed by atoms with van der Waals surface area (Å²) in [4.78, 5) is 3.59. The lowest BCUT2D eigenvalue weighted by atomic mass is 9.81. The summed E-state index contributed by atoms with van der Waals surface area (Å²) in [5.41, 5.74) is 3.71. The zero-order valence-corrected chi connectivity index (χ0v) is 22.1. The van der Waals surface area contributed by atoms with E-state index in [0.29, 0.717) is 19.0 Å². The highest BCUT2D eigenvalue weighted by Crippen LogP contribution is 2.36. The van der Waals surface area contributed by atoms with Crippen molar-refractivity contribution in [2.24, 2.45) is 13.0 Å². The van der Waals surface area contributed by atoms with Gasteiger partial charge in [0.2, 0.25) is 5.03 Å². The van der Waals surface area contributed by atoms with Crippen molar-refractivity contribution in [2.45, 2.75) is 36.9 Å². The molecule has 2 fully saturated rings. The number of nitrogens with zero attached hydrogens (tertiary/aromatic N) is 7. The molecule has 3 heterocycles. The van der Waals surface area contributed by atoms with Gasteiger partial charge in [0.15, 0.2) is 0 Å². The number of fused-ring (bicyclic) bond motifs is 1. The molecule has 1 N–H and O–H groups in total. The molecule has 2 aromatic carbocycles. The van der Waals surface area contributed by atoms with Crippen LogP contribution in [-0.2, 0) is 17.1 Å². The molecule has 0 amide bonds. The number of aromatic nitrogens is 5. The standard InChI is InChI=1S/C26H30FN7O3S/c1-17-9-24-19(13-29-34(24)21-5-3-20(27)4-6-21)12-23(17)25-16-33(38(36,37)26-14-28-31(2)30-26)8-7-32(25)15-18-10-22(35)11-18/h3-6,9,12-14,18,22,25,35H,7-8,10-11,15-16H2,1-2H3/t18?,22?,25-/m0/s1. The van der Waals surface area contributed by atoms with Gasteiger partial charge < -0.3 is 5.11 Å². The molecule has 1 atom stereocenters. The van der Waals surface area contributed by atoms with Gasteiger partial charge in [-0.15, -0.1) is 5.10 Å².